The molecule has 3 heterocycles. The van der Waals surface area contributed by atoms with Gasteiger partial charge in [-0.1, -0.05) is 35.0 Å². The number of nitrogens with one attached hydrogen (secondary N) is 1. The van der Waals surface area contributed by atoms with Crippen LogP contribution in [0.4, 0.5) is 10.1 Å². The van der Waals surface area contributed by atoms with Crippen molar-refractivity contribution < 1.29 is 9.18 Å². The van der Waals surface area contributed by atoms with Crippen molar-refractivity contribution in [1.29, 1.82) is 0 Å². The number of benzene rings is 2. The highest BCUT2D eigenvalue weighted by atomic mass is 79.9. The zero-order valence-corrected chi connectivity index (χ0v) is 16.6. The molecule has 134 valence electrons. The normalized spacial score (nSPS) is 32.7. The second-order valence-corrected chi connectivity index (χ2v) is 9.23. The molecule has 0 unspecified atom stereocenters. The SMILES string of the molecule is C[C@H]1[C@H](c2ccc(F)cc2)[C@H]2CSCN2[C@]12C(=O)Nc1ccc(Br)cc12. The van der Waals surface area contributed by atoms with Crippen molar-refractivity contribution in [3.8, 4) is 0 Å². The lowest BCUT2D eigenvalue weighted by molar-refractivity contribution is -0.127. The lowest BCUT2D eigenvalue weighted by atomic mass is 9.74. The molecule has 2 aromatic carbocycles. The van der Waals surface area contributed by atoms with Crippen molar-refractivity contribution in [3.63, 3.8) is 0 Å². The Morgan fingerprint density at radius 1 is 1.27 bits per heavy atom. The fourth-order valence-corrected chi connectivity index (χ4v) is 6.87. The predicted octanol–water partition coefficient (Wildman–Crippen LogP) is 4.54. The summed E-state index contributed by atoms with van der Waals surface area (Å²) in [6, 6.07) is 13.1. The molecule has 0 aromatic heterocycles. The van der Waals surface area contributed by atoms with Crippen LogP contribution in [0, 0.1) is 11.7 Å². The molecule has 0 aliphatic carbocycles. The molecule has 0 radical (unpaired) electrons. The topological polar surface area (TPSA) is 32.3 Å². The van der Waals surface area contributed by atoms with Gasteiger partial charge in [0.05, 0.1) is 0 Å². The summed E-state index contributed by atoms with van der Waals surface area (Å²) in [5.74, 6) is 1.96. The Kier molecular flexibility index (Phi) is 3.75. The van der Waals surface area contributed by atoms with Crippen LogP contribution in [0.25, 0.3) is 0 Å². The van der Waals surface area contributed by atoms with Crippen LogP contribution in [-0.4, -0.2) is 28.5 Å². The van der Waals surface area contributed by atoms with E-state index in [4.69, 9.17) is 0 Å². The second kappa shape index (κ2) is 5.81. The number of hydrogen-bond donors (Lipinski definition) is 1. The van der Waals surface area contributed by atoms with E-state index in [-0.39, 0.29) is 29.6 Å². The maximum Gasteiger partial charge on any atom is 0.249 e. The van der Waals surface area contributed by atoms with Crippen molar-refractivity contribution >= 4 is 39.3 Å². The van der Waals surface area contributed by atoms with E-state index in [0.29, 0.717) is 0 Å². The molecule has 0 saturated carbocycles. The molecular formula is C20H18BrFN2OS. The Hall–Kier alpha value is -1.37. The number of nitrogens with zero attached hydrogens (tertiary/aromatic N) is 1. The largest absolute Gasteiger partial charge is 0.324 e. The summed E-state index contributed by atoms with van der Waals surface area (Å²) in [7, 11) is 0. The van der Waals surface area contributed by atoms with Crippen LogP contribution in [0.1, 0.15) is 24.0 Å². The maximum absolute atomic E-state index is 13.5. The minimum atomic E-state index is -0.660. The molecule has 6 heteroatoms. The molecule has 3 aliphatic heterocycles. The number of hydrogen-bond acceptors (Lipinski definition) is 3. The average molecular weight is 433 g/mol. The first-order valence-corrected chi connectivity index (χ1v) is 10.7. The Morgan fingerprint density at radius 3 is 2.81 bits per heavy atom. The summed E-state index contributed by atoms with van der Waals surface area (Å²) >= 11 is 5.44. The van der Waals surface area contributed by atoms with Crippen molar-refractivity contribution in [2.75, 3.05) is 16.9 Å². The van der Waals surface area contributed by atoms with Crippen molar-refractivity contribution in [2.45, 2.75) is 24.4 Å². The summed E-state index contributed by atoms with van der Waals surface area (Å²) in [4.78, 5) is 15.7. The van der Waals surface area contributed by atoms with Crippen LogP contribution in [-0.2, 0) is 10.3 Å². The molecule has 3 aliphatic rings. The lowest BCUT2D eigenvalue weighted by Gasteiger charge is -2.35. The van der Waals surface area contributed by atoms with Gasteiger partial charge in [0.25, 0.3) is 0 Å². The fourth-order valence-electron chi connectivity index (χ4n) is 5.19. The number of rotatable bonds is 1. The second-order valence-electron chi connectivity index (χ2n) is 7.31. The van der Waals surface area contributed by atoms with Crippen LogP contribution in [0.2, 0.25) is 0 Å². The van der Waals surface area contributed by atoms with Crippen LogP contribution < -0.4 is 5.32 Å². The number of thioether (sulfide) groups is 1. The minimum absolute atomic E-state index is 0.0650. The Morgan fingerprint density at radius 2 is 2.04 bits per heavy atom. The van der Waals surface area contributed by atoms with Gasteiger partial charge in [0.1, 0.15) is 11.4 Å². The monoisotopic (exact) mass is 432 g/mol. The molecule has 1 N–H and O–H groups in total. The summed E-state index contributed by atoms with van der Waals surface area (Å²) in [5.41, 5.74) is 2.42. The fraction of sp³-hybridized carbons (Fsp3) is 0.350. The quantitative estimate of drug-likeness (QED) is 0.717. The molecular weight excluding hydrogens is 415 g/mol. The molecule has 5 rings (SSSR count). The zero-order valence-electron chi connectivity index (χ0n) is 14.2. The smallest absolute Gasteiger partial charge is 0.249 e. The van der Waals surface area contributed by atoms with Gasteiger partial charge in [-0.05, 0) is 41.8 Å². The van der Waals surface area contributed by atoms with E-state index in [1.54, 1.807) is 0 Å². The third-order valence-corrected chi connectivity index (χ3v) is 7.76. The molecule has 3 nitrogen and oxygen atoms in total. The standard InChI is InChI=1S/C20H18BrFN2OS/c1-11-18(12-2-5-14(22)6-3-12)17-9-26-10-24(17)20(11)15-8-13(21)4-7-16(15)23-19(20)25/h2-8,11,17-18H,9-10H2,1H3,(H,23,25)/t11-,17+,18+,20+/m0/s1. The van der Waals surface area contributed by atoms with Crippen LogP contribution >= 0.6 is 27.7 Å². The summed E-state index contributed by atoms with van der Waals surface area (Å²) in [5, 5.41) is 3.11. The summed E-state index contributed by atoms with van der Waals surface area (Å²) in [6.07, 6.45) is 0. The summed E-state index contributed by atoms with van der Waals surface area (Å²) in [6.45, 7) is 2.17. The number of amides is 1. The van der Waals surface area contributed by atoms with E-state index in [1.165, 1.54) is 12.1 Å². The van der Waals surface area contributed by atoms with Crippen LogP contribution in [0.3, 0.4) is 0 Å². The Balaban J connectivity index is 1.70. The van der Waals surface area contributed by atoms with Gasteiger partial charge in [-0.15, -0.1) is 11.8 Å². The van der Waals surface area contributed by atoms with Gasteiger partial charge in [0, 0.05) is 39.3 Å². The van der Waals surface area contributed by atoms with E-state index >= 15 is 0 Å². The lowest BCUT2D eigenvalue weighted by Crippen LogP contribution is -2.50. The molecule has 4 atom stereocenters. The first-order valence-electron chi connectivity index (χ1n) is 8.75. The zero-order chi connectivity index (χ0) is 18.1. The molecule has 2 fully saturated rings. The van der Waals surface area contributed by atoms with Gasteiger partial charge in [0.2, 0.25) is 5.91 Å². The number of anilines is 1. The highest BCUT2D eigenvalue weighted by Crippen LogP contribution is 2.60. The highest BCUT2D eigenvalue weighted by molar-refractivity contribution is 9.10. The number of carbonyl (C=O) groups is 1. The van der Waals surface area contributed by atoms with Crippen LogP contribution in [0.15, 0.2) is 46.9 Å². The third-order valence-electron chi connectivity index (χ3n) is 6.23. The van der Waals surface area contributed by atoms with Gasteiger partial charge in [-0.3, -0.25) is 9.69 Å². The Bertz CT molecular complexity index is 905. The third kappa shape index (κ3) is 2.06. The first kappa shape index (κ1) is 16.8. The van der Waals surface area contributed by atoms with Crippen molar-refractivity contribution in [3.05, 3.63) is 63.9 Å². The minimum Gasteiger partial charge on any atom is -0.324 e. The molecule has 1 spiro atoms. The molecule has 2 aromatic rings. The van der Waals surface area contributed by atoms with Crippen molar-refractivity contribution in [1.82, 2.24) is 4.90 Å². The van der Waals surface area contributed by atoms with E-state index in [0.717, 1.165) is 32.9 Å². The van der Waals surface area contributed by atoms with Crippen molar-refractivity contribution in [2.24, 2.45) is 5.92 Å². The van der Waals surface area contributed by atoms with Crippen LogP contribution in [0.5, 0.6) is 0 Å². The number of carbonyl (C=O) groups excluding carboxylic acids is 1. The molecule has 2 saturated heterocycles. The van der Waals surface area contributed by atoms with Gasteiger partial charge in [-0.2, -0.15) is 0 Å². The Labute approximate surface area is 164 Å². The number of halogens is 2. The van der Waals surface area contributed by atoms with E-state index in [1.807, 2.05) is 36.0 Å². The summed E-state index contributed by atoms with van der Waals surface area (Å²) < 4.78 is 14.4. The highest BCUT2D eigenvalue weighted by Gasteiger charge is 2.66. The van der Waals surface area contributed by atoms with Gasteiger partial charge < -0.3 is 5.32 Å². The first-order chi connectivity index (χ1) is 12.5. The average Bonchev–Trinajstić information content (AvgIpc) is 3.25. The van der Waals surface area contributed by atoms with Gasteiger partial charge in [0.15, 0.2) is 0 Å². The van der Waals surface area contributed by atoms with Gasteiger partial charge in [-0.25, -0.2) is 4.39 Å². The maximum atomic E-state index is 13.5. The molecule has 26 heavy (non-hydrogen) atoms. The van der Waals surface area contributed by atoms with Gasteiger partial charge >= 0.3 is 0 Å². The van der Waals surface area contributed by atoms with E-state index in [2.05, 4.69) is 39.1 Å². The molecule has 0 bridgehead atoms. The van der Waals surface area contributed by atoms with E-state index in [9.17, 15) is 9.18 Å². The molecule has 1 amide bonds. The number of fused-ring (bicyclic) bond motifs is 4. The van der Waals surface area contributed by atoms with E-state index < -0.39 is 5.54 Å². The predicted molar refractivity (Wildman–Crippen MR) is 106 cm³/mol.